The van der Waals surface area contributed by atoms with E-state index in [2.05, 4.69) is 24.8 Å². The van der Waals surface area contributed by atoms with Crippen LogP contribution in [0.3, 0.4) is 0 Å². The smallest absolute Gasteiger partial charge is 0.138 e. The van der Waals surface area contributed by atoms with Crippen LogP contribution in [0.2, 0.25) is 10.0 Å². The molecule has 5 rings (SSSR count). The number of ether oxygens (including phenoxy) is 1. The van der Waals surface area contributed by atoms with Gasteiger partial charge in [0.1, 0.15) is 30.3 Å². The molecule has 0 amide bonds. The minimum absolute atomic E-state index is 0. The normalized spacial score (nSPS) is 13.0. The molecule has 4 aromatic rings. The van der Waals surface area contributed by atoms with Gasteiger partial charge in [-0.25, -0.2) is 15.0 Å². The van der Waals surface area contributed by atoms with Gasteiger partial charge in [-0.05, 0) is 18.2 Å². The quantitative estimate of drug-likeness (QED) is 0.450. The maximum absolute atomic E-state index is 6.45. The number of rotatable bonds is 4. The molecule has 1 aliphatic rings. The highest BCUT2D eigenvalue weighted by Gasteiger charge is 2.17. The number of halogens is 3. The van der Waals surface area contributed by atoms with E-state index in [1.165, 1.54) is 6.33 Å². The van der Waals surface area contributed by atoms with Crippen LogP contribution in [0.1, 0.15) is 11.5 Å². The number of nitrogens with two attached hydrogens (primary N) is 1. The van der Waals surface area contributed by atoms with E-state index in [0.717, 1.165) is 42.3 Å². The fourth-order valence-corrected chi connectivity index (χ4v) is 4.09. The minimum Gasteiger partial charge on any atom is -0.486 e. The summed E-state index contributed by atoms with van der Waals surface area (Å²) in [4.78, 5) is 13.2. The Morgan fingerprint density at radius 3 is 2.84 bits per heavy atom. The Morgan fingerprint density at radius 2 is 2.00 bits per heavy atom. The van der Waals surface area contributed by atoms with Crippen molar-refractivity contribution in [1.82, 2.24) is 24.8 Å². The largest absolute Gasteiger partial charge is 0.486 e. The Morgan fingerprint density at radius 1 is 1.13 bits per heavy atom. The van der Waals surface area contributed by atoms with Crippen LogP contribution in [-0.2, 0) is 19.7 Å². The van der Waals surface area contributed by atoms with Crippen LogP contribution >= 0.6 is 35.6 Å². The molecule has 31 heavy (non-hydrogen) atoms. The lowest BCUT2D eigenvalue weighted by Crippen LogP contribution is -2.27. The van der Waals surface area contributed by atoms with Gasteiger partial charge in [0.25, 0.3) is 0 Å². The first-order chi connectivity index (χ1) is 14.6. The molecule has 10 heteroatoms. The van der Waals surface area contributed by atoms with Crippen molar-refractivity contribution in [3.8, 4) is 16.9 Å². The lowest BCUT2D eigenvalue weighted by molar-refractivity contribution is 0.305. The Bertz CT molecular complexity index is 1240. The molecule has 2 aromatic carbocycles. The average Bonchev–Trinajstić information content (AvgIpc) is 3.17. The van der Waals surface area contributed by atoms with Gasteiger partial charge in [-0.3, -0.25) is 0 Å². The van der Waals surface area contributed by atoms with Gasteiger partial charge in [0, 0.05) is 30.4 Å². The summed E-state index contributed by atoms with van der Waals surface area (Å²) in [5.41, 5.74) is 9.29. The van der Waals surface area contributed by atoms with E-state index in [-0.39, 0.29) is 12.4 Å². The number of hydrogen-bond acceptors (Lipinski definition) is 6. The average molecular weight is 478 g/mol. The number of hydrogen-bond donors (Lipinski definition) is 2. The molecule has 1 aliphatic heterocycles. The number of nitrogens with zero attached hydrogens (tertiary/aromatic N) is 4. The molecule has 0 atom stereocenters. The van der Waals surface area contributed by atoms with E-state index in [9.17, 15) is 0 Å². The molecule has 0 spiro atoms. The zero-order valence-corrected chi connectivity index (χ0v) is 18.6. The number of nitrogens with one attached hydrogen (secondary N) is 1. The third-order valence-electron chi connectivity index (χ3n) is 5.12. The van der Waals surface area contributed by atoms with Gasteiger partial charge in [-0.2, -0.15) is 0 Å². The monoisotopic (exact) mass is 476 g/mol. The first-order valence-electron chi connectivity index (χ1n) is 9.48. The summed E-state index contributed by atoms with van der Waals surface area (Å²) in [5.74, 6) is 1.94. The highest BCUT2D eigenvalue weighted by molar-refractivity contribution is 6.44. The highest BCUT2D eigenvalue weighted by atomic mass is 35.5. The molecule has 0 saturated heterocycles. The zero-order valence-electron chi connectivity index (χ0n) is 16.3. The second-order valence-electron chi connectivity index (χ2n) is 7.00. The summed E-state index contributed by atoms with van der Waals surface area (Å²) in [6.45, 7) is 2.93. The van der Waals surface area contributed by atoms with Crippen molar-refractivity contribution in [3.63, 3.8) is 0 Å². The molecule has 7 nitrogen and oxygen atoms in total. The number of nitrogen functional groups attached to an aromatic ring is 1. The number of anilines is 1. The Kier molecular flexibility index (Phi) is 6.20. The minimum atomic E-state index is 0. The third-order valence-corrected chi connectivity index (χ3v) is 5.94. The van der Waals surface area contributed by atoms with E-state index < -0.39 is 0 Å². The van der Waals surface area contributed by atoms with Crippen molar-refractivity contribution in [2.75, 3.05) is 12.3 Å². The number of aromatic nitrogens is 4. The Labute approximate surface area is 195 Å². The zero-order chi connectivity index (χ0) is 20.7. The third kappa shape index (κ3) is 4.02. The van der Waals surface area contributed by atoms with E-state index in [1.807, 2.05) is 30.5 Å². The van der Waals surface area contributed by atoms with Crippen molar-refractivity contribution in [1.29, 1.82) is 0 Å². The number of fused-ring (bicyclic) bond motifs is 2. The van der Waals surface area contributed by atoms with Crippen LogP contribution in [0.4, 0.5) is 5.82 Å². The molecule has 0 unspecified atom stereocenters. The lowest BCUT2D eigenvalue weighted by atomic mass is 10.0. The molecule has 0 saturated carbocycles. The molecule has 160 valence electrons. The second kappa shape index (κ2) is 8.88. The first kappa shape index (κ1) is 21.6. The SMILES string of the molecule is Cl.Nc1ncnc2c(-c3cccc(Cl)c3Cl)ccc(OCc3cn4c(n3)CNCC4)c12. The van der Waals surface area contributed by atoms with Gasteiger partial charge < -0.3 is 20.4 Å². The van der Waals surface area contributed by atoms with E-state index in [4.69, 9.17) is 33.7 Å². The predicted molar refractivity (Wildman–Crippen MR) is 125 cm³/mol. The van der Waals surface area contributed by atoms with Gasteiger partial charge in [-0.1, -0.05) is 35.3 Å². The first-order valence-corrected chi connectivity index (χ1v) is 10.2. The van der Waals surface area contributed by atoms with Crippen molar-refractivity contribution in [2.24, 2.45) is 0 Å². The van der Waals surface area contributed by atoms with Gasteiger partial charge in [-0.15, -0.1) is 12.4 Å². The molecule has 2 aromatic heterocycles. The lowest BCUT2D eigenvalue weighted by Gasteiger charge is -2.14. The molecule has 0 aliphatic carbocycles. The summed E-state index contributed by atoms with van der Waals surface area (Å²) in [6.07, 6.45) is 3.46. The summed E-state index contributed by atoms with van der Waals surface area (Å²) in [5, 5.41) is 4.88. The van der Waals surface area contributed by atoms with Crippen LogP contribution in [0, 0.1) is 0 Å². The van der Waals surface area contributed by atoms with E-state index in [0.29, 0.717) is 39.1 Å². The molecule has 0 radical (unpaired) electrons. The molecular weight excluding hydrogens is 459 g/mol. The van der Waals surface area contributed by atoms with Crippen molar-refractivity contribution >= 4 is 52.3 Å². The highest BCUT2D eigenvalue weighted by Crippen LogP contribution is 2.40. The van der Waals surface area contributed by atoms with Crippen LogP contribution in [0.15, 0.2) is 42.9 Å². The molecule has 3 N–H and O–H groups in total. The van der Waals surface area contributed by atoms with Crippen LogP contribution in [0.25, 0.3) is 22.0 Å². The number of imidazole rings is 1. The summed E-state index contributed by atoms with van der Waals surface area (Å²) in [7, 11) is 0. The maximum Gasteiger partial charge on any atom is 0.138 e. The van der Waals surface area contributed by atoms with Crippen LogP contribution in [0.5, 0.6) is 5.75 Å². The second-order valence-corrected chi connectivity index (χ2v) is 7.79. The fraction of sp³-hybridized carbons (Fsp3) is 0.190. The van der Waals surface area contributed by atoms with Crippen molar-refractivity contribution in [2.45, 2.75) is 19.7 Å². The van der Waals surface area contributed by atoms with Crippen LogP contribution in [-0.4, -0.2) is 26.1 Å². The van der Waals surface area contributed by atoms with E-state index >= 15 is 0 Å². The Hall–Kier alpha value is -2.58. The van der Waals surface area contributed by atoms with E-state index in [1.54, 1.807) is 6.07 Å². The molecule has 0 bridgehead atoms. The standard InChI is InChI=1S/C21H18Cl2N6O.ClH/c22-15-3-1-2-13(19(15)23)14-4-5-16(18-20(14)26-11-27-21(18)24)30-10-12-9-29-7-6-25-8-17(29)28-12;/h1-5,9,11,25H,6-8,10H2,(H2,24,26,27);1H. The van der Waals surface area contributed by atoms with Gasteiger partial charge in [0.15, 0.2) is 0 Å². The molecule has 3 heterocycles. The summed E-state index contributed by atoms with van der Waals surface area (Å²) < 4.78 is 8.24. The van der Waals surface area contributed by atoms with Crippen molar-refractivity contribution in [3.05, 3.63) is 64.4 Å². The number of benzene rings is 2. The van der Waals surface area contributed by atoms with Gasteiger partial charge in [0.05, 0.1) is 33.2 Å². The summed E-state index contributed by atoms with van der Waals surface area (Å²) >= 11 is 12.7. The molecular formula is C21H19Cl3N6O. The van der Waals surface area contributed by atoms with Crippen LogP contribution < -0.4 is 15.8 Å². The van der Waals surface area contributed by atoms with Gasteiger partial charge in [0.2, 0.25) is 0 Å². The molecule has 0 fully saturated rings. The van der Waals surface area contributed by atoms with Gasteiger partial charge >= 0.3 is 0 Å². The van der Waals surface area contributed by atoms with Crippen molar-refractivity contribution < 1.29 is 4.74 Å². The summed E-state index contributed by atoms with van der Waals surface area (Å²) in [6, 6.07) is 9.25. The Balaban J connectivity index is 0.00000231. The topological polar surface area (TPSA) is 90.9 Å². The maximum atomic E-state index is 6.45. The fourth-order valence-electron chi connectivity index (χ4n) is 3.69. The predicted octanol–water partition coefficient (Wildman–Crippen LogP) is 4.49.